The van der Waals surface area contributed by atoms with Gasteiger partial charge in [0.05, 0.1) is 10.9 Å². The number of ether oxygens (including phenoxy) is 1. The van der Waals surface area contributed by atoms with E-state index in [0.29, 0.717) is 28.0 Å². The van der Waals surface area contributed by atoms with E-state index in [2.05, 4.69) is 15.9 Å². The average Bonchev–Trinajstić information content (AvgIpc) is 2.60. The van der Waals surface area contributed by atoms with E-state index in [1.165, 1.54) is 0 Å². The highest BCUT2D eigenvalue weighted by Crippen LogP contribution is 2.27. The van der Waals surface area contributed by atoms with Gasteiger partial charge >= 0.3 is 0 Å². The molecule has 27 heavy (non-hydrogen) atoms. The SMILES string of the molecule is Cc1oc2cc(OCC(=O)C(C)(C)C)ccc2c(=O)c1-c1ccc(Br)cc1. The maximum absolute atomic E-state index is 13.0. The molecule has 0 saturated carbocycles. The Labute approximate surface area is 166 Å². The third-order valence-corrected chi connectivity index (χ3v) is 4.91. The first-order valence-corrected chi connectivity index (χ1v) is 9.45. The Balaban J connectivity index is 1.97. The number of fused-ring (bicyclic) bond motifs is 1. The number of carbonyl (C=O) groups excluding carboxylic acids is 1. The number of Topliss-reactive ketones (excluding diaryl/α,β-unsaturated/α-hetero) is 1. The van der Waals surface area contributed by atoms with Crippen molar-refractivity contribution in [2.45, 2.75) is 27.7 Å². The summed E-state index contributed by atoms with van der Waals surface area (Å²) in [4.78, 5) is 25.0. The predicted octanol–water partition coefficient (Wildman–Crippen LogP) is 5.52. The van der Waals surface area contributed by atoms with Crippen LogP contribution in [0.2, 0.25) is 0 Å². The van der Waals surface area contributed by atoms with Crippen molar-refractivity contribution < 1.29 is 13.9 Å². The summed E-state index contributed by atoms with van der Waals surface area (Å²) in [5.41, 5.74) is 1.25. The predicted molar refractivity (Wildman–Crippen MR) is 110 cm³/mol. The molecule has 0 spiro atoms. The van der Waals surface area contributed by atoms with Crippen LogP contribution in [-0.4, -0.2) is 12.4 Å². The minimum absolute atomic E-state index is 0.00539. The second-order valence-corrected chi connectivity index (χ2v) is 8.40. The first kappa shape index (κ1) is 19.4. The first-order valence-electron chi connectivity index (χ1n) is 8.66. The number of hydrogen-bond donors (Lipinski definition) is 0. The van der Waals surface area contributed by atoms with Crippen LogP contribution in [0.15, 0.2) is 56.1 Å². The van der Waals surface area contributed by atoms with Gasteiger partial charge in [0, 0.05) is 16.0 Å². The first-order chi connectivity index (χ1) is 12.7. The fraction of sp³-hybridized carbons (Fsp3) is 0.273. The van der Waals surface area contributed by atoms with Crippen LogP contribution in [0.4, 0.5) is 0 Å². The fourth-order valence-electron chi connectivity index (χ4n) is 2.69. The average molecular weight is 429 g/mol. The lowest BCUT2D eigenvalue weighted by Gasteiger charge is -2.16. The van der Waals surface area contributed by atoms with Crippen LogP contribution in [0, 0.1) is 12.3 Å². The number of benzene rings is 2. The molecule has 0 saturated heterocycles. The molecule has 0 atom stereocenters. The number of rotatable bonds is 4. The van der Waals surface area contributed by atoms with Gasteiger partial charge in [0.2, 0.25) is 5.43 Å². The van der Waals surface area contributed by atoms with Crippen molar-refractivity contribution in [3.8, 4) is 16.9 Å². The van der Waals surface area contributed by atoms with Gasteiger partial charge in [0.1, 0.15) is 23.7 Å². The van der Waals surface area contributed by atoms with E-state index in [0.717, 1.165) is 10.0 Å². The Hall–Kier alpha value is -2.40. The van der Waals surface area contributed by atoms with Crippen molar-refractivity contribution in [1.82, 2.24) is 0 Å². The van der Waals surface area contributed by atoms with E-state index in [9.17, 15) is 9.59 Å². The van der Waals surface area contributed by atoms with Crippen LogP contribution in [0.25, 0.3) is 22.1 Å². The van der Waals surface area contributed by atoms with Gasteiger partial charge in [-0.15, -0.1) is 0 Å². The van der Waals surface area contributed by atoms with Crippen molar-refractivity contribution in [2.24, 2.45) is 5.41 Å². The van der Waals surface area contributed by atoms with E-state index >= 15 is 0 Å². The molecule has 0 unspecified atom stereocenters. The van der Waals surface area contributed by atoms with Crippen molar-refractivity contribution in [1.29, 1.82) is 0 Å². The molecule has 3 rings (SSSR count). The van der Waals surface area contributed by atoms with E-state index in [4.69, 9.17) is 9.15 Å². The molecule has 0 fully saturated rings. The molecule has 0 aliphatic rings. The van der Waals surface area contributed by atoms with Gasteiger partial charge in [-0.05, 0) is 36.8 Å². The molecule has 5 heteroatoms. The molecule has 0 amide bonds. The summed E-state index contributed by atoms with van der Waals surface area (Å²) < 4.78 is 12.4. The molecule has 0 N–H and O–H groups in total. The van der Waals surface area contributed by atoms with Crippen LogP contribution in [0.3, 0.4) is 0 Å². The molecule has 0 aliphatic heterocycles. The normalized spacial score (nSPS) is 11.6. The summed E-state index contributed by atoms with van der Waals surface area (Å²) in [6, 6.07) is 12.6. The zero-order valence-electron chi connectivity index (χ0n) is 15.8. The third kappa shape index (κ3) is 4.14. The Kier molecular flexibility index (Phi) is 5.24. The molecule has 0 aliphatic carbocycles. The highest BCUT2D eigenvalue weighted by molar-refractivity contribution is 9.10. The van der Waals surface area contributed by atoms with Gasteiger partial charge in [-0.2, -0.15) is 0 Å². The van der Waals surface area contributed by atoms with Crippen LogP contribution >= 0.6 is 15.9 Å². The Morgan fingerprint density at radius 2 is 1.78 bits per heavy atom. The van der Waals surface area contributed by atoms with Gasteiger partial charge in [-0.25, -0.2) is 0 Å². The fourth-order valence-corrected chi connectivity index (χ4v) is 2.96. The van der Waals surface area contributed by atoms with Gasteiger partial charge in [-0.3, -0.25) is 9.59 Å². The maximum Gasteiger partial charge on any atom is 0.200 e. The minimum Gasteiger partial charge on any atom is -0.486 e. The molecule has 0 bridgehead atoms. The zero-order valence-corrected chi connectivity index (χ0v) is 17.3. The summed E-state index contributed by atoms with van der Waals surface area (Å²) in [7, 11) is 0. The van der Waals surface area contributed by atoms with E-state index in [1.807, 2.05) is 45.0 Å². The van der Waals surface area contributed by atoms with E-state index < -0.39 is 5.41 Å². The van der Waals surface area contributed by atoms with E-state index in [1.54, 1.807) is 25.1 Å². The number of hydrogen-bond acceptors (Lipinski definition) is 4. The van der Waals surface area contributed by atoms with Crippen LogP contribution < -0.4 is 10.2 Å². The lowest BCUT2D eigenvalue weighted by atomic mass is 9.91. The quantitative estimate of drug-likeness (QED) is 0.548. The molecule has 140 valence electrons. The van der Waals surface area contributed by atoms with Gasteiger partial charge < -0.3 is 9.15 Å². The second-order valence-electron chi connectivity index (χ2n) is 7.49. The summed E-state index contributed by atoms with van der Waals surface area (Å²) >= 11 is 3.40. The smallest absolute Gasteiger partial charge is 0.200 e. The molecule has 4 nitrogen and oxygen atoms in total. The van der Waals surface area contributed by atoms with E-state index in [-0.39, 0.29) is 17.8 Å². The Bertz CT molecular complexity index is 1060. The van der Waals surface area contributed by atoms with Gasteiger partial charge in [0.15, 0.2) is 5.78 Å². The van der Waals surface area contributed by atoms with Gasteiger partial charge in [0.25, 0.3) is 0 Å². The van der Waals surface area contributed by atoms with Crippen LogP contribution in [-0.2, 0) is 4.79 Å². The molecule has 3 aromatic rings. The topological polar surface area (TPSA) is 56.5 Å². The van der Waals surface area contributed by atoms with Crippen molar-refractivity contribution in [2.75, 3.05) is 6.61 Å². The molecule has 1 aromatic heterocycles. The number of ketones is 1. The second kappa shape index (κ2) is 7.31. The maximum atomic E-state index is 13.0. The monoisotopic (exact) mass is 428 g/mol. The summed E-state index contributed by atoms with van der Waals surface area (Å²) in [6.07, 6.45) is 0. The van der Waals surface area contributed by atoms with Crippen LogP contribution in [0.1, 0.15) is 26.5 Å². The summed E-state index contributed by atoms with van der Waals surface area (Å²) in [5.74, 6) is 1.04. The molecule has 0 radical (unpaired) electrons. The third-order valence-electron chi connectivity index (χ3n) is 4.38. The number of halogens is 1. The van der Waals surface area contributed by atoms with Crippen LogP contribution in [0.5, 0.6) is 5.75 Å². The minimum atomic E-state index is -0.459. The number of aryl methyl sites for hydroxylation is 1. The Morgan fingerprint density at radius 3 is 2.41 bits per heavy atom. The van der Waals surface area contributed by atoms with Crippen molar-refractivity contribution in [3.63, 3.8) is 0 Å². The summed E-state index contributed by atoms with van der Waals surface area (Å²) in [6.45, 7) is 7.31. The molecule has 1 heterocycles. The highest BCUT2D eigenvalue weighted by Gasteiger charge is 2.21. The summed E-state index contributed by atoms with van der Waals surface area (Å²) in [5, 5.41) is 0.480. The molecular formula is C22H21BrO4. The molecule has 2 aromatic carbocycles. The lowest BCUT2D eigenvalue weighted by Crippen LogP contribution is -2.26. The van der Waals surface area contributed by atoms with Crippen molar-refractivity contribution >= 4 is 32.7 Å². The van der Waals surface area contributed by atoms with Gasteiger partial charge in [-0.1, -0.05) is 48.8 Å². The zero-order chi connectivity index (χ0) is 19.8. The highest BCUT2D eigenvalue weighted by atomic mass is 79.9. The standard InChI is InChI=1S/C22H21BrO4/c1-13-20(14-5-7-15(23)8-6-14)21(25)17-10-9-16(11-18(17)27-13)26-12-19(24)22(2,3)4/h5-11H,12H2,1-4H3. The molecular weight excluding hydrogens is 408 g/mol. The lowest BCUT2D eigenvalue weighted by molar-refractivity contribution is -0.128. The Morgan fingerprint density at radius 1 is 1.11 bits per heavy atom. The number of carbonyl (C=O) groups is 1. The largest absolute Gasteiger partial charge is 0.486 e. The van der Waals surface area contributed by atoms with Crippen molar-refractivity contribution in [3.05, 3.63) is 62.9 Å².